The van der Waals surface area contributed by atoms with E-state index >= 15 is 0 Å². The van der Waals surface area contributed by atoms with Crippen molar-refractivity contribution in [1.29, 1.82) is 0 Å². The van der Waals surface area contributed by atoms with Gasteiger partial charge in [-0.15, -0.1) is 0 Å². The number of benzene rings is 3. The Morgan fingerprint density at radius 1 is 0.968 bits per heavy atom. The zero-order valence-electron chi connectivity index (χ0n) is 17.2. The average molecular weight is 422 g/mol. The molecule has 3 aromatic carbocycles. The number of rotatable bonds is 6. The molecule has 0 aliphatic heterocycles. The zero-order chi connectivity index (χ0) is 22.0. The number of hydrogen-bond donors (Lipinski definition) is 1. The fraction of sp³-hybridized carbons (Fsp3) is 0.269. The summed E-state index contributed by atoms with van der Waals surface area (Å²) in [6, 6.07) is 22.5. The predicted octanol–water partition coefficient (Wildman–Crippen LogP) is 4.98. The third-order valence-electron chi connectivity index (χ3n) is 6.35. The molecule has 4 rings (SSSR count). The number of hydrogen-bond acceptors (Lipinski definition) is 3. The summed E-state index contributed by atoms with van der Waals surface area (Å²) >= 11 is 0. The molecule has 1 saturated carbocycles. The number of aliphatic hydroxyl groups excluding tert-OH is 1. The van der Waals surface area contributed by atoms with Crippen molar-refractivity contribution in [2.24, 2.45) is 5.92 Å². The van der Waals surface area contributed by atoms with Crippen molar-refractivity contribution < 1.29 is 23.4 Å². The molecule has 0 aromatic heterocycles. The number of carbonyl (C=O) groups excluding carboxylic acids is 1. The highest BCUT2D eigenvalue weighted by molar-refractivity contribution is 5.65. The maximum atomic E-state index is 13.7. The van der Waals surface area contributed by atoms with Crippen LogP contribution in [0.3, 0.4) is 0 Å². The maximum absolute atomic E-state index is 13.7. The molecule has 1 fully saturated rings. The second-order valence-electron chi connectivity index (χ2n) is 8.11. The van der Waals surface area contributed by atoms with Gasteiger partial charge in [-0.2, -0.15) is 0 Å². The summed E-state index contributed by atoms with van der Waals surface area (Å²) in [4.78, 5) is 11.3. The Bertz CT molecular complexity index is 987. The monoisotopic (exact) mass is 422 g/mol. The molecule has 0 spiro atoms. The summed E-state index contributed by atoms with van der Waals surface area (Å²) in [6.45, 7) is 1.22. The summed E-state index contributed by atoms with van der Waals surface area (Å²) in [6.07, 6.45) is -0.310. The Morgan fingerprint density at radius 3 is 1.97 bits per heavy atom. The molecule has 5 heteroatoms. The van der Waals surface area contributed by atoms with Gasteiger partial charge in [-0.1, -0.05) is 54.6 Å². The minimum atomic E-state index is -0.858. The molecule has 0 amide bonds. The molecule has 31 heavy (non-hydrogen) atoms. The van der Waals surface area contributed by atoms with E-state index in [-0.39, 0.29) is 30.1 Å². The summed E-state index contributed by atoms with van der Waals surface area (Å²) in [5.41, 5.74) is 2.22. The molecule has 3 atom stereocenters. The van der Waals surface area contributed by atoms with Gasteiger partial charge >= 0.3 is 5.97 Å². The molecule has 1 aliphatic carbocycles. The van der Waals surface area contributed by atoms with Gasteiger partial charge < -0.3 is 9.84 Å². The Kier molecular flexibility index (Phi) is 5.88. The van der Waals surface area contributed by atoms with Gasteiger partial charge in [-0.05, 0) is 53.3 Å². The maximum Gasteiger partial charge on any atom is 0.302 e. The quantitative estimate of drug-likeness (QED) is 0.570. The van der Waals surface area contributed by atoms with Crippen LogP contribution >= 0.6 is 0 Å². The van der Waals surface area contributed by atoms with Crippen molar-refractivity contribution >= 4 is 5.97 Å². The van der Waals surface area contributed by atoms with Gasteiger partial charge in [-0.25, -0.2) is 8.78 Å². The second-order valence-corrected chi connectivity index (χ2v) is 8.11. The number of carbonyl (C=O) groups is 1. The zero-order valence-corrected chi connectivity index (χ0v) is 17.2. The van der Waals surface area contributed by atoms with Gasteiger partial charge in [0.1, 0.15) is 18.2 Å². The highest BCUT2D eigenvalue weighted by atomic mass is 19.1. The number of esters is 1. The van der Waals surface area contributed by atoms with Gasteiger partial charge in [0.05, 0.1) is 6.10 Å². The predicted molar refractivity (Wildman–Crippen MR) is 114 cm³/mol. The normalized spacial score (nSPS) is 20.5. The molecule has 0 heterocycles. The molecule has 0 bridgehead atoms. The van der Waals surface area contributed by atoms with Crippen LogP contribution in [0.5, 0.6) is 0 Å². The number of ether oxygens (including phenoxy) is 1. The first-order valence-corrected chi connectivity index (χ1v) is 10.3. The van der Waals surface area contributed by atoms with Crippen molar-refractivity contribution in [3.8, 4) is 0 Å². The number of aliphatic hydroxyl groups is 1. The fourth-order valence-electron chi connectivity index (χ4n) is 4.95. The average Bonchev–Trinajstić information content (AvgIpc) is 2.75. The first-order chi connectivity index (χ1) is 14.9. The Labute approximate surface area is 180 Å². The van der Waals surface area contributed by atoms with Crippen LogP contribution < -0.4 is 0 Å². The topological polar surface area (TPSA) is 46.5 Å². The van der Waals surface area contributed by atoms with Crippen molar-refractivity contribution in [3.63, 3.8) is 0 Å². The van der Waals surface area contributed by atoms with Crippen LogP contribution in [-0.2, 0) is 14.9 Å². The molecule has 3 aromatic rings. The Morgan fingerprint density at radius 2 is 1.48 bits per heavy atom. The van der Waals surface area contributed by atoms with Crippen molar-refractivity contribution in [1.82, 2.24) is 0 Å². The first-order valence-electron chi connectivity index (χ1n) is 10.3. The van der Waals surface area contributed by atoms with E-state index in [4.69, 9.17) is 4.74 Å². The lowest BCUT2D eigenvalue weighted by molar-refractivity contribution is -0.147. The lowest BCUT2D eigenvalue weighted by Gasteiger charge is -2.58. The molecular weight excluding hydrogens is 398 g/mol. The number of halogens is 2. The molecule has 3 nitrogen and oxygen atoms in total. The summed E-state index contributed by atoms with van der Waals surface area (Å²) in [5, 5.41) is 10.9. The van der Waals surface area contributed by atoms with E-state index in [1.165, 1.54) is 31.2 Å². The summed E-state index contributed by atoms with van der Waals surface area (Å²) in [7, 11) is 0. The molecule has 1 N–H and O–H groups in total. The first kappa shape index (κ1) is 21.2. The summed E-state index contributed by atoms with van der Waals surface area (Å²) < 4.78 is 32.5. The van der Waals surface area contributed by atoms with E-state index < -0.39 is 17.5 Å². The van der Waals surface area contributed by atoms with Gasteiger partial charge in [0, 0.05) is 18.3 Å². The third-order valence-corrected chi connectivity index (χ3v) is 6.35. The van der Waals surface area contributed by atoms with Crippen LogP contribution in [0.1, 0.15) is 36.0 Å². The smallest absolute Gasteiger partial charge is 0.302 e. The second kappa shape index (κ2) is 8.60. The van der Waals surface area contributed by atoms with E-state index in [0.29, 0.717) is 6.42 Å². The van der Waals surface area contributed by atoms with Gasteiger partial charge in [0.15, 0.2) is 0 Å². The lowest BCUT2D eigenvalue weighted by Crippen LogP contribution is -2.55. The largest absolute Gasteiger partial charge is 0.463 e. The minimum Gasteiger partial charge on any atom is -0.463 e. The van der Waals surface area contributed by atoms with Crippen molar-refractivity contribution in [3.05, 3.63) is 107 Å². The van der Waals surface area contributed by atoms with Gasteiger partial charge in [-0.3, -0.25) is 4.79 Å². The Hall–Kier alpha value is -3.05. The standard InChI is InChI=1S/C26H24F2O3/c1-17(29)31-16-24(30)23-15-26(19-7-11-21(27)12-8-19,20-9-13-22(28)14-10-20)25(23)18-5-3-2-4-6-18/h2-14,23-25,30H,15-16H2,1H3/t23-,24?,25-/m0/s1. The van der Waals surface area contributed by atoms with Crippen LogP contribution in [0.25, 0.3) is 0 Å². The summed E-state index contributed by atoms with van der Waals surface area (Å²) in [5.74, 6) is -1.48. The van der Waals surface area contributed by atoms with Crippen molar-refractivity contribution in [2.45, 2.75) is 30.8 Å². The SMILES string of the molecule is CC(=O)OCC(O)[C@@H]1CC(c2ccc(F)cc2)(c2ccc(F)cc2)[C@H]1c1ccccc1. The van der Waals surface area contributed by atoms with Gasteiger partial charge in [0.2, 0.25) is 0 Å². The molecule has 160 valence electrons. The molecule has 1 aliphatic rings. The van der Waals surface area contributed by atoms with Crippen LogP contribution in [0.4, 0.5) is 8.78 Å². The minimum absolute atomic E-state index is 0.0910. The van der Waals surface area contributed by atoms with Crippen LogP contribution in [-0.4, -0.2) is 23.8 Å². The van der Waals surface area contributed by atoms with Crippen molar-refractivity contribution in [2.75, 3.05) is 6.61 Å². The highest BCUT2D eigenvalue weighted by Gasteiger charge is 2.58. The van der Waals surface area contributed by atoms with E-state index in [1.54, 1.807) is 24.3 Å². The molecule has 0 radical (unpaired) electrons. The molecular formula is C26H24F2O3. The van der Waals surface area contributed by atoms with Crippen LogP contribution in [0.2, 0.25) is 0 Å². The van der Waals surface area contributed by atoms with E-state index in [0.717, 1.165) is 16.7 Å². The fourth-order valence-corrected chi connectivity index (χ4v) is 4.95. The van der Waals surface area contributed by atoms with E-state index in [9.17, 15) is 18.7 Å². The van der Waals surface area contributed by atoms with Crippen LogP contribution in [0, 0.1) is 17.6 Å². The molecule has 0 saturated heterocycles. The Balaban J connectivity index is 1.83. The highest BCUT2D eigenvalue weighted by Crippen LogP contribution is 2.62. The third kappa shape index (κ3) is 3.98. The van der Waals surface area contributed by atoms with E-state index in [1.807, 2.05) is 30.3 Å². The van der Waals surface area contributed by atoms with E-state index in [2.05, 4.69) is 0 Å². The lowest BCUT2D eigenvalue weighted by atomic mass is 9.45. The van der Waals surface area contributed by atoms with Crippen LogP contribution in [0.15, 0.2) is 78.9 Å². The van der Waals surface area contributed by atoms with Gasteiger partial charge in [0.25, 0.3) is 0 Å². The molecule has 1 unspecified atom stereocenters.